The summed E-state index contributed by atoms with van der Waals surface area (Å²) in [6.45, 7) is 0. The number of thiophene rings is 1. The Hall–Kier alpha value is -1.83. The minimum absolute atomic E-state index is 0.403. The van der Waals surface area contributed by atoms with Gasteiger partial charge >= 0.3 is 0 Å². The molecule has 7 heteroatoms. The second-order valence-electron chi connectivity index (χ2n) is 5.21. The lowest BCUT2D eigenvalue weighted by Gasteiger charge is -2.14. The Labute approximate surface area is 146 Å². The Morgan fingerprint density at radius 1 is 1.26 bits per heavy atom. The molecule has 4 rings (SSSR count). The molecule has 0 saturated carbocycles. The number of hydrogen-bond donors (Lipinski definition) is 2. The van der Waals surface area contributed by atoms with Crippen LogP contribution in [-0.2, 0) is 12.8 Å². The van der Waals surface area contributed by atoms with Crippen molar-refractivity contribution in [1.29, 1.82) is 0 Å². The monoisotopic (exact) mass is 360 g/mol. The van der Waals surface area contributed by atoms with Crippen LogP contribution in [0.5, 0.6) is 10.8 Å². The van der Waals surface area contributed by atoms with Gasteiger partial charge < -0.3 is 10.5 Å². The number of nitrogens with two attached hydrogens (primary N) is 1. The van der Waals surface area contributed by atoms with Gasteiger partial charge in [0, 0.05) is 11.1 Å². The van der Waals surface area contributed by atoms with Gasteiger partial charge in [-0.1, -0.05) is 11.3 Å². The van der Waals surface area contributed by atoms with Gasteiger partial charge in [0.25, 0.3) is 5.91 Å². The lowest BCUT2D eigenvalue weighted by Crippen LogP contribution is -2.12. The summed E-state index contributed by atoms with van der Waals surface area (Å²) in [5.74, 6) is 0.305. The molecule has 1 aliphatic carbocycles. The topological polar surface area (TPSA) is 65.2 Å². The van der Waals surface area contributed by atoms with Gasteiger partial charge in [0.15, 0.2) is 5.06 Å². The second kappa shape index (κ2) is 5.67. The normalized spacial score (nSPS) is 12.6. The SMILES string of the molecule is NC(=O)c1sc(Oc2ccc(S)cc2)c2c1CCc1cnsc1-2. The van der Waals surface area contributed by atoms with Crippen LogP contribution in [0.2, 0.25) is 0 Å². The van der Waals surface area contributed by atoms with Crippen molar-refractivity contribution in [3.63, 3.8) is 0 Å². The Morgan fingerprint density at radius 3 is 2.78 bits per heavy atom. The maximum absolute atomic E-state index is 11.8. The van der Waals surface area contributed by atoms with Crippen molar-refractivity contribution in [2.75, 3.05) is 0 Å². The molecule has 3 aromatic rings. The lowest BCUT2D eigenvalue weighted by molar-refractivity contribution is 0.100. The Kier molecular flexibility index (Phi) is 3.63. The molecule has 0 aliphatic heterocycles. The van der Waals surface area contributed by atoms with Crippen molar-refractivity contribution >= 4 is 41.4 Å². The number of amides is 1. The van der Waals surface area contributed by atoms with Crippen molar-refractivity contribution < 1.29 is 9.53 Å². The Bertz CT molecular complexity index is 897. The third-order valence-corrected chi connectivity index (χ3v) is 6.04. The van der Waals surface area contributed by atoms with E-state index in [1.807, 2.05) is 30.5 Å². The molecule has 1 amide bonds. The van der Waals surface area contributed by atoms with Gasteiger partial charge in [0.2, 0.25) is 0 Å². The first kappa shape index (κ1) is 14.7. The maximum atomic E-state index is 11.8. The minimum atomic E-state index is -0.403. The highest BCUT2D eigenvalue weighted by atomic mass is 32.1. The average Bonchev–Trinajstić information content (AvgIpc) is 3.13. The molecule has 1 aliphatic rings. The highest BCUT2D eigenvalue weighted by Gasteiger charge is 2.29. The molecule has 4 nitrogen and oxygen atoms in total. The fourth-order valence-corrected chi connectivity index (χ4v) is 4.86. The van der Waals surface area contributed by atoms with Gasteiger partial charge in [-0.2, -0.15) is 0 Å². The van der Waals surface area contributed by atoms with Crippen molar-refractivity contribution in [3.8, 4) is 21.3 Å². The molecule has 0 bridgehead atoms. The van der Waals surface area contributed by atoms with Gasteiger partial charge in [-0.15, -0.1) is 12.6 Å². The molecule has 1 aromatic carbocycles. The van der Waals surface area contributed by atoms with Crippen molar-refractivity contribution in [2.24, 2.45) is 5.73 Å². The van der Waals surface area contributed by atoms with Crippen LogP contribution in [0.1, 0.15) is 20.8 Å². The quantitative estimate of drug-likeness (QED) is 0.690. The number of aromatic nitrogens is 1. The third-order valence-electron chi connectivity index (χ3n) is 3.76. The van der Waals surface area contributed by atoms with Crippen molar-refractivity contribution in [1.82, 2.24) is 4.37 Å². The number of hydrogen-bond acceptors (Lipinski definition) is 6. The molecule has 0 saturated heterocycles. The number of primary amides is 1. The number of thiol groups is 1. The maximum Gasteiger partial charge on any atom is 0.259 e. The van der Waals surface area contributed by atoms with Crippen LogP contribution >= 0.6 is 35.5 Å². The van der Waals surface area contributed by atoms with Crippen LogP contribution < -0.4 is 10.5 Å². The number of nitrogens with zero attached hydrogens (tertiary/aromatic N) is 1. The van der Waals surface area contributed by atoms with Gasteiger partial charge in [0.1, 0.15) is 5.75 Å². The van der Waals surface area contributed by atoms with Crippen molar-refractivity contribution in [3.05, 3.63) is 46.5 Å². The molecule has 0 unspecified atom stereocenters. The van der Waals surface area contributed by atoms with Gasteiger partial charge in [0.05, 0.1) is 15.3 Å². The van der Waals surface area contributed by atoms with Crippen molar-refractivity contribution in [2.45, 2.75) is 17.7 Å². The van der Waals surface area contributed by atoms with Crippen LogP contribution in [0.4, 0.5) is 0 Å². The van der Waals surface area contributed by atoms with Crippen LogP contribution in [0.3, 0.4) is 0 Å². The number of ether oxygens (including phenoxy) is 1. The molecular formula is C16H12N2O2S3. The summed E-state index contributed by atoms with van der Waals surface area (Å²) in [7, 11) is 0. The summed E-state index contributed by atoms with van der Waals surface area (Å²) in [5, 5.41) is 0.700. The zero-order valence-electron chi connectivity index (χ0n) is 11.9. The predicted molar refractivity (Wildman–Crippen MR) is 95.1 cm³/mol. The predicted octanol–water partition coefficient (Wildman–Crippen LogP) is 4.15. The molecular weight excluding hydrogens is 348 g/mol. The summed E-state index contributed by atoms with van der Waals surface area (Å²) in [6, 6.07) is 7.45. The summed E-state index contributed by atoms with van der Waals surface area (Å²) in [5.41, 5.74) is 8.71. The summed E-state index contributed by atoms with van der Waals surface area (Å²) < 4.78 is 10.3. The van der Waals surface area contributed by atoms with E-state index in [1.165, 1.54) is 28.4 Å². The number of benzene rings is 1. The van der Waals surface area contributed by atoms with E-state index in [0.29, 0.717) is 15.7 Å². The highest BCUT2D eigenvalue weighted by molar-refractivity contribution is 7.80. The number of rotatable bonds is 3. The first-order chi connectivity index (χ1) is 11.1. The molecule has 2 N–H and O–H groups in total. The third kappa shape index (κ3) is 2.54. The molecule has 0 fully saturated rings. The molecule has 0 radical (unpaired) electrons. The summed E-state index contributed by atoms with van der Waals surface area (Å²) in [6.07, 6.45) is 3.56. The van der Waals surface area contributed by atoms with E-state index in [1.54, 1.807) is 0 Å². The minimum Gasteiger partial charge on any atom is -0.446 e. The first-order valence-corrected chi connectivity index (χ1v) is 9.03. The molecule has 0 spiro atoms. The standard InChI is InChI=1S/C16H12N2O2S3/c17-15(19)14-11-6-1-8-7-18-23-13(8)12(11)16(22-14)20-9-2-4-10(21)5-3-9/h2-5,7,21H,1,6H2,(H2,17,19). The molecule has 2 aromatic heterocycles. The van der Waals surface area contributed by atoms with Crippen LogP contribution in [0, 0.1) is 0 Å². The zero-order valence-corrected chi connectivity index (χ0v) is 14.4. The molecule has 23 heavy (non-hydrogen) atoms. The van der Waals surface area contributed by atoms with E-state index in [-0.39, 0.29) is 0 Å². The van der Waals surface area contributed by atoms with Crippen LogP contribution in [-0.4, -0.2) is 10.3 Å². The number of carbonyl (C=O) groups excluding carboxylic acids is 1. The molecule has 2 heterocycles. The average molecular weight is 360 g/mol. The highest BCUT2D eigenvalue weighted by Crippen LogP contribution is 2.49. The second-order valence-corrected chi connectivity index (χ2v) is 7.51. The van der Waals surface area contributed by atoms with E-state index >= 15 is 0 Å². The fourth-order valence-electron chi connectivity index (χ4n) is 2.71. The van der Waals surface area contributed by atoms with Gasteiger partial charge in [-0.05, 0) is 59.8 Å². The fraction of sp³-hybridized carbons (Fsp3) is 0.125. The van der Waals surface area contributed by atoms with Crippen LogP contribution in [0.25, 0.3) is 10.4 Å². The number of aryl methyl sites for hydroxylation is 1. The van der Waals surface area contributed by atoms with E-state index in [2.05, 4.69) is 17.0 Å². The Morgan fingerprint density at radius 2 is 2.04 bits per heavy atom. The summed E-state index contributed by atoms with van der Waals surface area (Å²) >= 11 is 7.02. The number of fused-ring (bicyclic) bond motifs is 3. The smallest absolute Gasteiger partial charge is 0.259 e. The largest absolute Gasteiger partial charge is 0.446 e. The Balaban J connectivity index is 1.84. The lowest BCUT2D eigenvalue weighted by atomic mass is 9.93. The molecule has 116 valence electrons. The summed E-state index contributed by atoms with van der Waals surface area (Å²) in [4.78, 5) is 14.3. The van der Waals surface area contributed by atoms with Crippen LogP contribution in [0.15, 0.2) is 35.4 Å². The van der Waals surface area contributed by atoms with Gasteiger partial charge in [-0.3, -0.25) is 4.79 Å². The van der Waals surface area contributed by atoms with E-state index < -0.39 is 5.91 Å². The van der Waals surface area contributed by atoms with E-state index in [9.17, 15) is 4.79 Å². The van der Waals surface area contributed by atoms with E-state index in [0.717, 1.165) is 33.7 Å². The van der Waals surface area contributed by atoms with E-state index in [4.69, 9.17) is 10.5 Å². The van der Waals surface area contributed by atoms with Gasteiger partial charge in [-0.25, -0.2) is 4.37 Å². The molecule has 0 atom stereocenters. The zero-order chi connectivity index (χ0) is 16.0. The number of carbonyl (C=O) groups is 1. The first-order valence-electron chi connectivity index (χ1n) is 6.99.